The fraction of sp³-hybridized carbons (Fsp3) is 0.611. The van der Waals surface area contributed by atoms with Crippen molar-refractivity contribution in [3.63, 3.8) is 0 Å². The Morgan fingerprint density at radius 1 is 1.12 bits per heavy atom. The average molecular weight is 354 g/mol. The van der Waals surface area contributed by atoms with E-state index in [2.05, 4.69) is 10.3 Å². The van der Waals surface area contributed by atoms with Crippen LogP contribution in [0.3, 0.4) is 0 Å². The summed E-state index contributed by atoms with van der Waals surface area (Å²) >= 11 is 0. The molecule has 0 saturated heterocycles. The van der Waals surface area contributed by atoms with E-state index in [-0.39, 0.29) is 42.3 Å². The maximum atomic E-state index is 13.0. The molecule has 4 nitrogen and oxygen atoms in total. The van der Waals surface area contributed by atoms with E-state index in [4.69, 9.17) is 0 Å². The van der Waals surface area contributed by atoms with Crippen molar-refractivity contribution in [2.24, 2.45) is 16.2 Å². The fourth-order valence-electron chi connectivity index (χ4n) is 3.75. The molecule has 0 aliphatic heterocycles. The summed E-state index contributed by atoms with van der Waals surface area (Å²) in [5.41, 5.74) is -2.50. The topological polar surface area (TPSA) is 59.1 Å². The highest BCUT2D eigenvalue weighted by Crippen LogP contribution is 2.79. The molecule has 1 aromatic rings. The van der Waals surface area contributed by atoms with Gasteiger partial charge in [-0.2, -0.15) is 13.2 Å². The second kappa shape index (κ2) is 5.05. The first-order valence-corrected chi connectivity index (χ1v) is 8.20. The highest BCUT2D eigenvalue weighted by molar-refractivity contribution is 6.08. The van der Waals surface area contributed by atoms with Gasteiger partial charge in [0.15, 0.2) is 5.78 Å². The van der Waals surface area contributed by atoms with Crippen molar-refractivity contribution < 1.29 is 22.8 Å². The van der Waals surface area contributed by atoms with Crippen LogP contribution in [0.1, 0.15) is 56.1 Å². The number of halogens is 3. The molecular weight excluding hydrogens is 333 g/mol. The van der Waals surface area contributed by atoms with Crippen molar-refractivity contribution in [1.29, 1.82) is 0 Å². The number of hydrogen-bond acceptors (Lipinski definition) is 3. The number of aryl methyl sites for hydroxylation is 1. The lowest BCUT2D eigenvalue weighted by Crippen LogP contribution is -2.70. The van der Waals surface area contributed by atoms with Gasteiger partial charge < -0.3 is 5.32 Å². The van der Waals surface area contributed by atoms with Crippen LogP contribution in [0.2, 0.25) is 0 Å². The summed E-state index contributed by atoms with van der Waals surface area (Å²) in [5.74, 6) is -0.518. The third kappa shape index (κ3) is 2.64. The van der Waals surface area contributed by atoms with E-state index >= 15 is 0 Å². The number of carbonyl (C=O) groups is 2. The monoisotopic (exact) mass is 354 g/mol. The first kappa shape index (κ1) is 17.9. The Morgan fingerprint density at radius 2 is 1.68 bits per heavy atom. The van der Waals surface area contributed by atoms with Gasteiger partial charge in [0.25, 0.3) is 0 Å². The highest BCUT2D eigenvalue weighted by Gasteiger charge is 2.80. The molecule has 1 heterocycles. The van der Waals surface area contributed by atoms with E-state index in [0.29, 0.717) is 5.69 Å². The Hall–Kier alpha value is -1.92. The Kier molecular flexibility index (Phi) is 3.61. The Balaban J connectivity index is 1.85. The van der Waals surface area contributed by atoms with Crippen molar-refractivity contribution in [2.45, 2.75) is 53.1 Å². The summed E-state index contributed by atoms with van der Waals surface area (Å²) in [6, 6.07) is 3.18. The SMILES string of the molecule is Cc1ccc(C(=O)C23CC(C(F)(F)F)(C2)C3)c(NC(=O)C(C)(C)C)n1. The molecule has 3 aliphatic rings. The van der Waals surface area contributed by atoms with Crippen LogP contribution in [0.25, 0.3) is 0 Å². The van der Waals surface area contributed by atoms with Gasteiger partial charge in [0.1, 0.15) is 5.82 Å². The van der Waals surface area contributed by atoms with Gasteiger partial charge in [-0.3, -0.25) is 9.59 Å². The van der Waals surface area contributed by atoms with Crippen LogP contribution in [0.15, 0.2) is 12.1 Å². The van der Waals surface area contributed by atoms with Gasteiger partial charge in [-0.1, -0.05) is 20.8 Å². The lowest BCUT2D eigenvalue weighted by molar-refractivity contribution is -0.346. The fourth-order valence-corrected chi connectivity index (χ4v) is 3.75. The summed E-state index contributed by atoms with van der Waals surface area (Å²) in [4.78, 5) is 29.3. The number of carbonyl (C=O) groups excluding carboxylic acids is 2. The van der Waals surface area contributed by atoms with E-state index in [1.807, 2.05) is 0 Å². The average Bonchev–Trinajstić information content (AvgIpc) is 2.32. The molecule has 0 unspecified atom stereocenters. The van der Waals surface area contributed by atoms with Crippen molar-refractivity contribution in [3.05, 3.63) is 23.4 Å². The van der Waals surface area contributed by atoms with Gasteiger partial charge in [-0.05, 0) is 38.3 Å². The van der Waals surface area contributed by atoms with E-state index in [0.717, 1.165) is 0 Å². The summed E-state index contributed by atoms with van der Waals surface area (Å²) < 4.78 is 39.0. The predicted octanol–water partition coefficient (Wildman–Crippen LogP) is 4.29. The zero-order valence-corrected chi connectivity index (χ0v) is 14.7. The number of nitrogens with one attached hydrogen (secondary N) is 1. The Morgan fingerprint density at radius 3 is 2.16 bits per heavy atom. The van der Waals surface area contributed by atoms with Gasteiger partial charge in [0.05, 0.1) is 11.0 Å². The molecule has 136 valence electrons. The summed E-state index contributed by atoms with van der Waals surface area (Å²) in [7, 11) is 0. The van der Waals surface area contributed by atoms with Crippen LogP contribution in [0, 0.1) is 23.2 Å². The van der Waals surface area contributed by atoms with Crippen molar-refractivity contribution >= 4 is 17.5 Å². The normalized spacial score (nSPS) is 28.0. The molecule has 2 bridgehead atoms. The Bertz CT molecular complexity index is 743. The number of rotatable bonds is 3. The number of alkyl halides is 3. The molecule has 7 heteroatoms. The third-order valence-electron chi connectivity index (χ3n) is 5.31. The van der Waals surface area contributed by atoms with Gasteiger partial charge >= 0.3 is 6.18 Å². The van der Waals surface area contributed by atoms with E-state index in [1.165, 1.54) is 0 Å². The lowest BCUT2D eigenvalue weighted by Gasteiger charge is -2.69. The van der Waals surface area contributed by atoms with Gasteiger partial charge in [0.2, 0.25) is 5.91 Å². The Labute approximate surface area is 144 Å². The molecule has 1 amide bonds. The lowest BCUT2D eigenvalue weighted by atomic mass is 9.33. The summed E-state index contributed by atoms with van der Waals surface area (Å²) in [6.07, 6.45) is -4.75. The molecular formula is C18H21F3N2O2. The maximum Gasteiger partial charge on any atom is 0.394 e. The quantitative estimate of drug-likeness (QED) is 0.824. The van der Waals surface area contributed by atoms with E-state index < -0.39 is 22.4 Å². The minimum absolute atomic E-state index is 0.135. The number of ketones is 1. The molecule has 3 fully saturated rings. The van der Waals surface area contributed by atoms with Crippen LogP contribution < -0.4 is 5.32 Å². The molecule has 1 N–H and O–H groups in total. The second-order valence-electron chi connectivity index (χ2n) is 8.47. The molecule has 1 aromatic heterocycles. The predicted molar refractivity (Wildman–Crippen MR) is 86.2 cm³/mol. The molecule has 0 spiro atoms. The van der Waals surface area contributed by atoms with E-state index in [9.17, 15) is 22.8 Å². The van der Waals surface area contributed by atoms with Crippen molar-refractivity contribution in [2.75, 3.05) is 5.32 Å². The zero-order chi connectivity index (χ0) is 18.8. The minimum Gasteiger partial charge on any atom is -0.310 e. The number of pyridine rings is 1. The first-order chi connectivity index (χ1) is 11.3. The van der Waals surface area contributed by atoms with Gasteiger partial charge in [-0.25, -0.2) is 4.98 Å². The minimum atomic E-state index is -4.26. The number of Topliss-reactive ketones (excluding diaryl/α,β-unsaturated/α-hetero) is 1. The third-order valence-corrected chi connectivity index (χ3v) is 5.31. The summed E-state index contributed by atoms with van der Waals surface area (Å²) in [5, 5.41) is 2.66. The van der Waals surface area contributed by atoms with Gasteiger partial charge in [0, 0.05) is 16.5 Å². The van der Waals surface area contributed by atoms with Crippen molar-refractivity contribution in [1.82, 2.24) is 4.98 Å². The second-order valence-corrected chi connectivity index (χ2v) is 8.47. The number of hydrogen-bond donors (Lipinski definition) is 1. The molecule has 4 rings (SSSR count). The number of nitrogens with zero attached hydrogens (tertiary/aromatic N) is 1. The largest absolute Gasteiger partial charge is 0.394 e. The summed E-state index contributed by atoms with van der Waals surface area (Å²) in [6.45, 7) is 6.91. The first-order valence-electron chi connectivity index (χ1n) is 8.20. The van der Waals surface area contributed by atoms with Crippen molar-refractivity contribution in [3.8, 4) is 0 Å². The number of aromatic nitrogens is 1. The zero-order valence-electron chi connectivity index (χ0n) is 14.7. The molecule has 0 aromatic carbocycles. The van der Waals surface area contributed by atoms with Crippen LogP contribution in [0.4, 0.5) is 19.0 Å². The smallest absolute Gasteiger partial charge is 0.310 e. The molecule has 3 aliphatic carbocycles. The highest BCUT2D eigenvalue weighted by atomic mass is 19.4. The van der Waals surface area contributed by atoms with Gasteiger partial charge in [-0.15, -0.1) is 0 Å². The molecule has 0 atom stereocenters. The maximum absolute atomic E-state index is 13.0. The molecule has 3 saturated carbocycles. The number of amides is 1. The van der Waals surface area contributed by atoms with E-state index in [1.54, 1.807) is 39.8 Å². The van der Waals surface area contributed by atoms with Crippen LogP contribution in [-0.2, 0) is 4.79 Å². The number of anilines is 1. The van der Waals surface area contributed by atoms with Crippen LogP contribution >= 0.6 is 0 Å². The van der Waals surface area contributed by atoms with Crippen LogP contribution in [-0.4, -0.2) is 22.9 Å². The molecule has 25 heavy (non-hydrogen) atoms. The standard InChI is InChI=1S/C18H21F3N2O2/c1-10-5-6-11(13(22-10)23-14(25)15(2,3)4)12(24)16-7-17(8-16,9-16)18(19,20)21/h5-6H,7-9H2,1-4H3,(H,22,23,25). The molecule has 0 radical (unpaired) electrons. The van der Waals surface area contributed by atoms with Crippen LogP contribution in [0.5, 0.6) is 0 Å².